The SMILES string of the molecule is O=C(Nc1ccc(F)c(-c2cn(Cc3ccc(Br)s3)nn2)c1)C1CC(=O)N(c2ccccc2Br)C1. The summed E-state index contributed by atoms with van der Waals surface area (Å²) in [5, 5.41) is 11.0. The number of halogens is 3. The zero-order chi connectivity index (χ0) is 24.5. The summed E-state index contributed by atoms with van der Waals surface area (Å²) in [6.07, 6.45) is 1.78. The Morgan fingerprint density at radius 3 is 2.77 bits per heavy atom. The zero-order valence-electron chi connectivity index (χ0n) is 18.1. The minimum absolute atomic E-state index is 0.106. The Labute approximate surface area is 221 Å². The van der Waals surface area contributed by atoms with Crippen molar-refractivity contribution in [2.75, 3.05) is 16.8 Å². The van der Waals surface area contributed by atoms with Crippen LogP contribution in [0, 0.1) is 11.7 Å². The lowest BCUT2D eigenvalue weighted by molar-refractivity contribution is -0.122. The third-order valence-electron chi connectivity index (χ3n) is 5.63. The molecule has 35 heavy (non-hydrogen) atoms. The van der Waals surface area contributed by atoms with Crippen molar-refractivity contribution in [3.05, 3.63) is 79.7 Å². The van der Waals surface area contributed by atoms with E-state index in [2.05, 4.69) is 47.5 Å². The highest BCUT2D eigenvalue weighted by molar-refractivity contribution is 9.11. The van der Waals surface area contributed by atoms with Gasteiger partial charge in [-0.05, 0) is 74.3 Å². The molecule has 1 unspecified atom stereocenters. The maximum absolute atomic E-state index is 14.6. The first-order valence-electron chi connectivity index (χ1n) is 10.7. The van der Waals surface area contributed by atoms with Gasteiger partial charge in [-0.3, -0.25) is 9.59 Å². The second-order valence-corrected chi connectivity index (χ2v) is 11.4. The molecule has 0 aliphatic carbocycles. The van der Waals surface area contributed by atoms with Gasteiger partial charge in [0.05, 0.1) is 28.1 Å². The van der Waals surface area contributed by atoms with Crippen molar-refractivity contribution in [3.63, 3.8) is 0 Å². The van der Waals surface area contributed by atoms with Crippen LogP contribution in [0.4, 0.5) is 15.8 Å². The van der Waals surface area contributed by atoms with E-state index in [1.54, 1.807) is 27.1 Å². The Morgan fingerprint density at radius 1 is 1.17 bits per heavy atom. The molecule has 4 aromatic rings. The molecule has 1 fully saturated rings. The van der Waals surface area contributed by atoms with Crippen LogP contribution in [0.25, 0.3) is 11.3 Å². The summed E-state index contributed by atoms with van der Waals surface area (Å²) >= 11 is 8.48. The quantitative estimate of drug-likeness (QED) is 0.300. The maximum atomic E-state index is 14.6. The Kier molecular flexibility index (Phi) is 6.81. The first-order chi connectivity index (χ1) is 16.9. The first-order valence-corrected chi connectivity index (χ1v) is 13.1. The van der Waals surface area contributed by atoms with E-state index >= 15 is 0 Å². The first kappa shape index (κ1) is 23.8. The van der Waals surface area contributed by atoms with Crippen LogP contribution in [-0.2, 0) is 16.1 Å². The number of para-hydroxylation sites is 1. The molecule has 1 saturated heterocycles. The van der Waals surface area contributed by atoms with Crippen LogP contribution in [0.3, 0.4) is 0 Å². The van der Waals surface area contributed by atoms with Crippen molar-refractivity contribution >= 4 is 66.4 Å². The average Bonchev–Trinajstić information content (AvgIpc) is 3.56. The standard InChI is InChI=1S/C24H18Br2FN5O2S/c25-18-3-1-2-4-21(18)32-11-14(9-23(32)33)24(34)28-15-5-7-19(27)17(10-15)20-13-31(30-29-20)12-16-6-8-22(26)35-16/h1-8,10,13-14H,9,11-12H2,(H,28,34). The van der Waals surface area contributed by atoms with Gasteiger partial charge in [0.2, 0.25) is 11.8 Å². The van der Waals surface area contributed by atoms with E-state index in [9.17, 15) is 14.0 Å². The summed E-state index contributed by atoms with van der Waals surface area (Å²) in [7, 11) is 0. The molecule has 0 saturated carbocycles. The lowest BCUT2D eigenvalue weighted by atomic mass is 10.1. The molecule has 0 radical (unpaired) electrons. The number of carbonyl (C=O) groups is 2. The number of nitrogens with one attached hydrogen (secondary N) is 1. The van der Waals surface area contributed by atoms with Crippen LogP contribution in [0.2, 0.25) is 0 Å². The molecule has 11 heteroatoms. The van der Waals surface area contributed by atoms with Crippen LogP contribution < -0.4 is 10.2 Å². The molecule has 1 N–H and O–H groups in total. The molecule has 0 bridgehead atoms. The minimum atomic E-state index is -0.519. The molecule has 7 nitrogen and oxygen atoms in total. The number of rotatable bonds is 6. The van der Waals surface area contributed by atoms with Crippen LogP contribution in [0.5, 0.6) is 0 Å². The number of anilines is 2. The van der Waals surface area contributed by atoms with Gasteiger partial charge in [0, 0.05) is 33.6 Å². The summed E-state index contributed by atoms with van der Waals surface area (Å²) in [4.78, 5) is 28.2. The highest BCUT2D eigenvalue weighted by Crippen LogP contribution is 2.32. The predicted molar refractivity (Wildman–Crippen MR) is 140 cm³/mol. The molecule has 2 amide bonds. The molecular formula is C24H18Br2FN5O2S. The molecule has 5 rings (SSSR count). The summed E-state index contributed by atoms with van der Waals surface area (Å²) < 4.78 is 18.1. The van der Waals surface area contributed by atoms with Gasteiger partial charge >= 0.3 is 0 Å². The lowest BCUT2D eigenvalue weighted by Gasteiger charge is -2.18. The van der Waals surface area contributed by atoms with Crippen molar-refractivity contribution in [1.29, 1.82) is 0 Å². The van der Waals surface area contributed by atoms with Crippen LogP contribution in [0.15, 0.2) is 69.1 Å². The van der Waals surface area contributed by atoms with Crippen LogP contribution >= 0.6 is 43.2 Å². The number of amides is 2. The topological polar surface area (TPSA) is 80.1 Å². The second kappa shape index (κ2) is 10.00. The van der Waals surface area contributed by atoms with E-state index in [0.717, 1.165) is 18.8 Å². The predicted octanol–water partition coefficient (Wildman–Crippen LogP) is 5.71. The normalized spacial score (nSPS) is 15.6. The number of carbonyl (C=O) groups excluding carboxylic acids is 2. The highest BCUT2D eigenvalue weighted by Gasteiger charge is 2.35. The van der Waals surface area contributed by atoms with Crippen LogP contribution in [0.1, 0.15) is 11.3 Å². The smallest absolute Gasteiger partial charge is 0.229 e. The molecule has 1 atom stereocenters. The van der Waals surface area contributed by atoms with Crippen molar-refractivity contribution in [3.8, 4) is 11.3 Å². The molecule has 2 aromatic heterocycles. The molecule has 1 aliphatic heterocycles. The van der Waals surface area contributed by atoms with E-state index in [1.165, 1.54) is 18.2 Å². The van der Waals surface area contributed by atoms with Crippen molar-refractivity contribution in [2.45, 2.75) is 13.0 Å². The fourth-order valence-electron chi connectivity index (χ4n) is 3.93. The number of thiophene rings is 1. The molecule has 178 valence electrons. The molecule has 3 heterocycles. The van der Waals surface area contributed by atoms with Crippen molar-refractivity contribution in [1.82, 2.24) is 15.0 Å². The van der Waals surface area contributed by atoms with Gasteiger partial charge in [-0.15, -0.1) is 16.4 Å². The Bertz CT molecular complexity index is 1420. The number of aromatic nitrogens is 3. The summed E-state index contributed by atoms with van der Waals surface area (Å²) in [6.45, 7) is 0.791. The van der Waals surface area contributed by atoms with Gasteiger partial charge in [-0.2, -0.15) is 0 Å². The van der Waals surface area contributed by atoms with E-state index in [-0.39, 0.29) is 30.3 Å². The molecule has 2 aromatic carbocycles. The largest absolute Gasteiger partial charge is 0.326 e. The Hall–Kier alpha value is -2.89. The highest BCUT2D eigenvalue weighted by atomic mass is 79.9. The maximum Gasteiger partial charge on any atom is 0.229 e. The Morgan fingerprint density at radius 2 is 2.00 bits per heavy atom. The fourth-order valence-corrected chi connectivity index (χ4v) is 5.90. The number of hydrogen-bond acceptors (Lipinski definition) is 5. The van der Waals surface area contributed by atoms with E-state index < -0.39 is 11.7 Å². The van der Waals surface area contributed by atoms with E-state index in [0.29, 0.717) is 17.9 Å². The van der Waals surface area contributed by atoms with Crippen molar-refractivity contribution in [2.24, 2.45) is 5.92 Å². The third kappa shape index (κ3) is 5.21. The Balaban J connectivity index is 1.29. The monoisotopic (exact) mass is 617 g/mol. The molecule has 0 spiro atoms. The van der Waals surface area contributed by atoms with Gasteiger partial charge in [0.1, 0.15) is 11.5 Å². The second-order valence-electron chi connectivity index (χ2n) is 8.05. The number of hydrogen-bond donors (Lipinski definition) is 1. The lowest BCUT2D eigenvalue weighted by Crippen LogP contribution is -2.28. The van der Waals surface area contributed by atoms with Gasteiger partial charge in [0.25, 0.3) is 0 Å². The van der Waals surface area contributed by atoms with Gasteiger partial charge in [-0.25, -0.2) is 9.07 Å². The number of benzene rings is 2. The molecule has 1 aliphatic rings. The number of nitrogens with zero attached hydrogens (tertiary/aromatic N) is 4. The summed E-state index contributed by atoms with van der Waals surface area (Å²) in [5.74, 6) is -1.40. The fraction of sp³-hybridized carbons (Fsp3) is 0.167. The van der Waals surface area contributed by atoms with Gasteiger partial charge in [-0.1, -0.05) is 17.3 Å². The summed E-state index contributed by atoms with van der Waals surface area (Å²) in [5.41, 5.74) is 1.76. The van der Waals surface area contributed by atoms with Gasteiger partial charge < -0.3 is 10.2 Å². The minimum Gasteiger partial charge on any atom is -0.326 e. The van der Waals surface area contributed by atoms with Crippen LogP contribution in [-0.4, -0.2) is 33.4 Å². The average molecular weight is 619 g/mol. The summed E-state index contributed by atoms with van der Waals surface area (Å²) in [6, 6.07) is 15.6. The van der Waals surface area contributed by atoms with E-state index in [1.807, 2.05) is 36.4 Å². The molecular weight excluding hydrogens is 601 g/mol. The third-order valence-corrected chi connectivity index (χ3v) is 7.91. The van der Waals surface area contributed by atoms with E-state index in [4.69, 9.17) is 0 Å². The zero-order valence-corrected chi connectivity index (χ0v) is 22.1. The van der Waals surface area contributed by atoms with Gasteiger partial charge in [0.15, 0.2) is 0 Å². The van der Waals surface area contributed by atoms with Crippen molar-refractivity contribution < 1.29 is 14.0 Å².